The van der Waals surface area contributed by atoms with Crippen molar-refractivity contribution in [2.24, 2.45) is 0 Å². The van der Waals surface area contributed by atoms with Gasteiger partial charge in [-0.15, -0.1) is 0 Å². The van der Waals surface area contributed by atoms with Crippen LogP contribution < -0.4 is 10.6 Å². The van der Waals surface area contributed by atoms with Gasteiger partial charge in [0.1, 0.15) is 6.04 Å². The molecule has 0 bridgehead atoms. The number of hydrogen-bond donors (Lipinski definition) is 2. The monoisotopic (exact) mass is 378 g/mol. The molecule has 3 N–H and O–H groups in total. The maximum absolute atomic E-state index is 12.8. The average molecular weight is 379 g/mol. The number of nitro benzene ring substituents is 1. The zero-order valence-electron chi connectivity index (χ0n) is 14.5. The molecule has 0 spiro atoms. The third kappa shape index (κ3) is 5.26. The van der Waals surface area contributed by atoms with Crippen LogP contribution in [0.1, 0.15) is 18.5 Å². The molecule has 0 fully saturated rings. The van der Waals surface area contributed by atoms with Gasteiger partial charge in [-0.2, -0.15) is 0 Å². The van der Waals surface area contributed by atoms with E-state index in [1.165, 1.54) is 18.2 Å². The Morgan fingerprint density at radius 1 is 1.31 bits per heavy atom. The molecule has 0 unspecified atom stereocenters. The molecule has 26 heavy (non-hydrogen) atoms. The van der Waals surface area contributed by atoms with Gasteiger partial charge in [0.05, 0.1) is 22.2 Å². The number of carbonyl (C=O) groups is 1. The van der Waals surface area contributed by atoms with Crippen LogP contribution in [-0.4, -0.2) is 30.6 Å². The maximum Gasteiger partial charge on any atom is 0.287 e. The largest absolute Gasteiger partial charge is 0.379 e. The van der Waals surface area contributed by atoms with Crippen LogP contribution in [0.5, 0.6) is 0 Å². The topological polar surface area (TPSA) is 98.1 Å². The Bertz CT molecular complexity index is 770. The molecular weight excluding hydrogens is 358 g/mol. The van der Waals surface area contributed by atoms with Crippen molar-refractivity contribution in [1.29, 1.82) is 0 Å². The third-order valence-electron chi connectivity index (χ3n) is 3.81. The highest BCUT2D eigenvalue weighted by molar-refractivity contribution is 6.34. The summed E-state index contributed by atoms with van der Waals surface area (Å²) in [6.07, 6.45) is 0. The first kappa shape index (κ1) is 19.8. The van der Waals surface area contributed by atoms with Crippen molar-refractivity contribution >= 4 is 28.9 Å². The van der Waals surface area contributed by atoms with Crippen molar-refractivity contribution in [3.05, 3.63) is 69.2 Å². The molecule has 0 saturated heterocycles. The number of anilines is 1. The lowest BCUT2D eigenvalue weighted by atomic mass is 10.0. The summed E-state index contributed by atoms with van der Waals surface area (Å²) in [5.41, 5.74) is 1.04. The Kier molecular flexibility index (Phi) is 7.08. The van der Waals surface area contributed by atoms with Gasteiger partial charge in [-0.1, -0.05) is 41.9 Å². The minimum Gasteiger partial charge on any atom is -0.379 e. The fourth-order valence-electron chi connectivity index (χ4n) is 2.59. The zero-order chi connectivity index (χ0) is 19.1. The lowest BCUT2D eigenvalue weighted by Gasteiger charge is -2.20. The molecule has 8 heteroatoms. The van der Waals surface area contributed by atoms with Crippen LogP contribution in [0.3, 0.4) is 0 Å². The quantitative estimate of drug-likeness (QED) is 0.544. The van der Waals surface area contributed by atoms with Crippen molar-refractivity contribution in [2.75, 3.05) is 19.0 Å². The van der Waals surface area contributed by atoms with E-state index in [1.54, 1.807) is 7.11 Å². The van der Waals surface area contributed by atoms with Crippen molar-refractivity contribution in [3.63, 3.8) is 0 Å². The van der Waals surface area contributed by atoms with E-state index in [-0.39, 0.29) is 22.7 Å². The molecule has 7 nitrogen and oxygen atoms in total. The average Bonchev–Trinajstić information content (AvgIpc) is 2.62. The van der Waals surface area contributed by atoms with Crippen LogP contribution in [0.15, 0.2) is 48.5 Å². The predicted octanol–water partition coefficient (Wildman–Crippen LogP) is 2.53. The van der Waals surface area contributed by atoms with Crippen LogP contribution in [0.2, 0.25) is 5.02 Å². The lowest BCUT2D eigenvalue weighted by molar-refractivity contribution is -0.713. The van der Waals surface area contributed by atoms with E-state index >= 15 is 0 Å². The van der Waals surface area contributed by atoms with E-state index in [2.05, 4.69) is 5.32 Å². The van der Waals surface area contributed by atoms with Gasteiger partial charge in [0, 0.05) is 24.8 Å². The summed E-state index contributed by atoms with van der Waals surface area (Å²) in [7, 11) is 1.61. The Hall–Kier alpha value is -2.48. The van der Waals surface area contributed by atoms with Crippen molar-refractivity contribution in [3.8, 4) is 0 Å². The molecular formula is C18H21ClN3O4+. The number of nitro groups is 1. The van der Waals surface area contributed by atoms with E-state index in [9.17, 15) is 14.9 Å². The Balaban J connectivity index is 2.22. The first-order chi connectivity index (χ1) is 12.4. The molecule has 0 aliphatic heterocycles. The second kappa shape index (κ2) is 9.28. The number of halogens is 1. The summed E-state index contributed by atoms with van der Waals surface area (Å²) in [5.74, 6) is -0.269. The number of nitrogens with one attached hydrogen (secondary N) is 1. The molecule has 1 amide bonds. The summed E-state index contributed by atoms with van der Waals surface area (Å²) in [4.78, 5) is 23.1. The molecule has 0 aliphatic carbocycles. The van der Waals surface area contributed by atoms with E-state index in [0.717, 1.165) is 5.56 Å². The van der Waals surface area contributed by atoms with Gasteiger partial charge < -0.3 is 15.4 Å². The number of hydrogen-bond acceptors (Lipinski definition) is 4. The standard InChI is InChI=1S/C18H20ClN3O4/c1-12(11-26-2)20-17(13-6-4-3-5-7-13)18(23)21-16-9-8-14(22(24)25)10-15(16)19/h3-10,12,17,20H,11H2,1-2H3,(H,21,23)/p+1/t12-,17-/m0/s1. The zero-order valence-corrected chi connectivity index (χ0v) is 15.3. The van der Waals surface area contributed by atoms with Gasteiger partial charge in [0.2, 0.25) is 0 Å². The molecule has 0 aromatic heterocycles. The smallest absolute Gasteiger partial charge is 0.287 e. The summed E-state index contributed by atoms with van der Waals surface area (Å²) >= 11 is 6.07. The van der Waals surface area contributed by atoms with Crippen molar-refractivity contribution in [1.82, 2.24) is 0 Å². The molecule has 138 valence electrons. The first-order valence-corrected chi connectivity index (χ1v) is 8.44. The lowest BCUT2D eigenvalue weighted by Crippen LogP contribution is -2.92. The fraction of sp³-hybridized carbons (Fsp3) is 0.278. The number of amides is 1. The van der Waals surface area contributed by atoms with Crippen molar-refractivity contribution < 1.29 is 19.8 Å². The highest BCUT2D eigenvalue weighted by Crippen LogP contribution is 2.27. The summed E-state index contributed by atoms with van der Waals surface area (Å²) in [6, 6.07) is 12.9. The van der Waals surface area contributed by atoms with E-state index < -0.39 is 11.0 Å². The minimum atomic E-state index is -0.537. The van der Waals surface area contributed by atoms with Gasteiger partial charge in [-0.25, -0.2) is 0 Å². The highest BCUT2D eigenvalue weighted by Gasteiger charge is 2.27. The molecule has 0 radical (unpaired) electrons. The Morgan fingerprint density at radius 2 is 2.00 bits per heavy atom. The molecule has 0 saturated carbocycles. The van der Waals surface area contributed by atoms with Crippen LogP contribution in [-0.2, 0) is 9.53 Å². The number of non-ortho nitro benzene ring substituents is 1. The summed E-state index contributed by atoms with van der Waals surface area (Å²) in [6.45, 7) is 2.46. The number of nitrogens with zero attached hydrogens (tertiary/aromatic N) is 1. The van der Waals surface area contributed by atoms with Gasteiger partial charge >= 0.3 is 0 Å². The first-order valence-electron chi connectivity index (χ1n) is 8.06. The number of rotatable bonds is 8. The van der Waals surface area contributed by atoms with Crippen LogP contribution in [0, 0.1) is 10.1 Å². The van der Waals surface area contributed by atoms with Crippen LogP contribution >= 0.6 is 11.6 Å². The molecule has 2 aromatic rings. The molecule has 0 aliphatic rings. The van der Waals surface area contributed by atoms with E-state index in [0.29, 0.717) is 12.3 Å². The number of nitrogens with two attached hydrogens (primary N) is 1. The second-order valence-corrected chi connectivity index (χ2v) is 6.33. The van der Waals surface area contributed by atoms with Gasteiger partial charge in [0.15, 0.2) is 6.04 Å². The number of benzene rings is 2. The normalized spacial score (nSPS) is 13.0. The van der Waals surface area contributed by atoms with E-state index in [1.807, 2.05) is 42.6 Å². The molecule has 2 aromatic carbocycles. The van der Waals surface area contributed by atoms with Gasteiger partial charge in [-0.05, 0) is 13.0 Å². The highest BCUT2D eigenvalue weighted by atomic mass is 35.5. The molecule has 2 rings (SSSR count). The maximum atomic E-state index is 12.8. The second-order valence-electron chi connectivity index (χ2n) is 5.92. The fourth-order valence-corrected chi connectivity index (χ4v) is 2.81. The summed E-state index contributed by atoms with van der Waals surface area (Å²) in [5, 5.41) is 15.6. The summed E-state index contributed by atoms with van der Waals surface area (Å²) < 4.78 is 5.15. The van der Waals surface area contributed by atoms with Gasteiger partial charge in [0.25, 0.3) is 11.6 Å². The number of methoxy groups -OCH3 is 1. The SMILES string of the molecule is COC[C@H](C)[NH2+][C@H](C(=O)Nc1ccc([N+](=O)[O-])cc1Cl)c1ccccc1. The Labute approximate surface area is 156 Å². The van der Waals surface area contributed by atoms with Gasteiger partial charge in [-0.3, -0.25) is 14.9 Å². The van der Waals surface area contributed by atoms with Crippen LogP contribution in [0.4, 0.5) is 11.4 Å². The van der Waals surface area contributed by atoms with Crippen molar-refractivity contribution in [2.45, 2.75) is 19.0 Å². The number of carbonyl (C=O) groups excluding carboxylic acids is 1. The Morgan fingerprint density at radius 3 is 2.58 bits per heavy atom. The third-order valence-corrected chi connectivity index (χ3v) is 4.13. The molecule has 2 atom stereocenters. The van der Waals surface area contributed by atoms with E-state index in [4.69, 9.17) is 16.3 Å². The predicted molar refractivity (Wildman–Crippen MR) is 99.2 cm³/mol. The number of ether oxygens (including phenoxy) is 1. The molecule has 0 heterocycles. The minimum absolute atomic E-state index is 0.0586. The van der Waals surface area contributed by atoms with Crippen LogP contribution in [0.25, 0.3) is 0 Å². The number of quaternary nitrogens is 1.